The van der Waals surface area contributed by atoms with E-state index in [-0.39, 0.29) is 24.7 Å². The third kappa shape index (κ3) is 6.87. The molecule has 1 atom stereocenters. The second kappa shape index (κ2) is 11.4. The summed E-state index contributed by atoms with van der Waals surface area (Å²) >= 11 is 0. The Morgan fingerprint density at radius 2 is 1.53 bits per heavy atom. The topological polar surface area (TPSA) is 217 Å². The molecule has 2 fully saturated rings. The standard InChI is InChI=1S/C14H17N3O4.C6H8O7/c15-7-12-8-17(14(19)21-12)11-3-1-10(2-4-11)16-5-6-20-9-13(16)18;7-3(8)1-6(13,5(11)12)2-4(9)10/h1-4,12H,5-9,15H2;13H,1-2H2,(H,7,8)(H,9,10)(H,11,12)/t12-;/m0./s1. The Balaban J connectivity index is 0.000000273. The Hall–Kier alpha value is -3.75. The zero-order valence-corrected chi connectivity index (χ0v) is 18.0. The van der Waals surface area contributed by atoms with Crippen molar-refractivity contribution in [2.75, 3.05) is 42.6 Å². The number of rotatable bonds is 8. The van der Waals surface area contributed by atoms with Gasteiger partial charge in [0, 0.05) is 24.5 Å². The maximum absolute atomic E-state index is 11.8. The number of nitrogens with zero attached hydrogens (tertiary/aromatic N) is 2. The number of carboxylic acids is 3. The van der Waals surface area contributed by atoms with Crippen LogP contribution in [0.5, 0.6) is 0 Å². The summed E-state index contributed by atoms with van der Waals surface area (Å²) in [5, 5.41) is 33.8. The van der Waals surface area contributed by atoms with Gasteiger partial charge in [0.25, 0.3) is 5.91 Å². The van der Waals surface area contributed by atoms with Gasteiger partial charge >= 0.3 is 24.0 Å². The van der Waals surface area contributed by atoms with Crippen LogP contribution in [0.25, 0.3) is 0 Å². The van der Waals surface area contributed by atoms with Crippen LogP contribution in [0, 0.1) is 0 Å². The molecule has 0 bridgehead atoms. The van der Waals surface area contributed by atoms with Gasteiger partial charge in [0.15, 0.2) is 5.60 Å². The Bertz CT molecular complexity index is 918. The molecular formula is C20H25N3O11. The highest BCUT2D eigenvalue weighted by Gasteiger charge is 2.40. The van der Waals surface area contributed by atoms with Gasteiger partial charge in [-0.25, -0.2) is 9.59 Å². The predicted octanol–water partition coefficient (Wildman–Crippen LogP) is -0.915. The van der Waals surface area contributed by atoms with E-state index in [0.29, 0.717) is 26.2 Å². The molecule has 34 heavy (non-hydrogen) atoms. The molecule has 0 spiro atoms. The van der Waals surface area contributed by atoms with Crippen molar-refractivity contribution < 1.29 is 53.9 Å². The molecule has 0 radical (unpaired) electrons. The van der Waals surface area contributed by atoms with Gasteiger partial charge in [0.2, 0.25) is 0 Å². The van der Waals surface area contributed by atoms with Gasteiger partial charge in [-0.05, 0) is 24.3 Å². The van der Waals surface area contributed by atoms with Crippen molar-refractivity contribution in [3.05, 3.63) is 24.3 Å². The van der Waals surface area contributed by atoms with E-state index in [1.165, 1.54) is 0 Å². The number of morpholine rings is 1. The Morgan fingerprint density at radius 1 is 1.00 bits per heavy atom. The second-order valence-electron chi connectivity index (χ2n) is 7.44. The number of hydrogen-bond acceptors (Lipinski definition) is 9. The van der Waals surface area contributed by atoms with Crippen molar-refractivity contribution in [1.82, 2.24) is 0 Å². The summed E-state index contributed by atoms with van der Waals surface area (Å²) in [6.45, 7) is 1.94. The summed E-state index contributed by atoms with van der Waals surface area (Å²) < 4.78 is 10.2. The second-order valence-corrected chi connectivity index (χ2v) is 7.44. The van der Waals surface area contributed by atoms with Crippen LogP contribution in [-0.4, -0.2) is 94.9 Å². The molecule has 3 rings (SSSR count). The lowest BCUT2D eigenvalue weighted by Crippen LogP contribution is -2.42. The van der Waals surface area contributed by atoms with Crippen molar-refractivity contribution in [3.63, 3.8) is 0 Å². The van der Waals surface area contributed by atoms with Crippen molar-refractivity contribution in [3.8, 4) is 0 Å². The molecule has 2 amide bonds. The summed E-state index contributed by atoms with van der Waals surface area (Å²) in [6.07, 6.45) is -2.94. The number of benzene rings is 1. The molecular weight excluding hydrogens is 458 g/mol. The Morgan fingerprint density at radius 3 is 1.94 bits per heavy atom. The van der Waals surface area contributed by atoms with E-state index in [4.69, 9.17) is 35.6 Å². The molecule has 14 heteroatoms. The van der Waals surface area contributed by atoms with E-state index in [1.54, 1.807) is 21.9 Å². The lowest BCUT2D eigenvalue weighted by Gasteiger charge is -2.27. The molecule has 0 saturated carbocycles. The summed E-state index contributed by atoms with van der Waals surface area (Å²) in [4.78, 5) is 57.2. The number of nitrogens with two attached hydrogens (primary N) is 1. The minimum atomic E-state index is -2.74. The third-order valence-electron chi connectivity index (χ3n) is 4.88. The van der Waals surface area contributed by atoms with E-state index in [9.17, 15) is 24.0 Å². The predicted molar refractivity (Wildman–Crippen MR) is 113 cm³/mol. The molecule has 2 saturated heterocycles. The fourth-order valence-electron chi connectivity index (χ4n) is 3.17. The molecule has 1 aromatic rings. The number of aliphatic carboxylic acids is 3. The first-order valence-electron chi connectivity index (χ1n) is 10.0. The van der Waals surface area contributed by atoms with Gasteiger partial charge in [-0.1, -0.05) is 0 Å². The molecule has 186 valence electrons. The Labute approximate surface area is 193 Å². The summed E-state index contributed by atoms with van der Waals surface area (Å²) in [5.74, 6) is -5.08. The number of anilines is 2. The smallest absolute Gasteiger partial charge is 0.414 e. The van der Waals surface area contributed by atoms with E-state index in [2.05, 4.69) is 0 Å². The normalized spacial score (nSPS) is 18.1. The highest BCUT2D eigenvalue weighted by Crippen LogP contribution is 2.25. The zero-order chi connectivity index (χ0) is 25.5. The first-order chi connectivity index (χ1) is 16.0. The molecule has 0 unspecified atom stereocenters. The van der Waals surface area contributed by atoms with Crippen LogP contribution in [0.3, 0.4) is 0 Å². The van der Waals surface area contributed by atoms with Crippen molar-refractivity contribution in [2.45, 2.75) is 24.5 Å². The number of hydrogen-bond donors (Lipinski definition) is 5. The fourth-order valence-corrected chi connectivity index (χ4v) is 3.17. The average Bonchev–Trinajstić information content (AvgIpc) is 3.14. The van der Waals surface area contributed by atoms with Gasteiger partial charge < -0.3 is 40.5 Å². The SMILES string of the molecule is NC[C@H]1CN(c2ccc(N3CCOCC3=O)cc2)C(=O)O1.O=C(O)CC(O)(CC(=O)O)C(=O)O. The minimum absolute atomic E-state index is 0.0576. The molecule has 0 aromatic heterocycles. The quantitative estimate of drug-likeness (QED) is 0.303. The first kappa shape index (κ1) is 26.5. The van der Waals surface area contributed by atoms with Gasteiger partial charge in [0.1, 0.15) is 12.7 Å². The van der Waals surface area contributed by atoms with Crippen LogP contribution in [-0.2, 0) is 28.7 Å². The molecule has 2 aliphatic rings. The van der Waals surface area contributed by atoms with E-state index >= 15 is 0 Å². The minimum Gasteiger partial charge on any atom is -0.481 e. The van der Waals surface area contributed by atoms with Crippen molar-refractivity contribution in [1.29, 1.82) is 0 Å². The molecule has 2 heterocycles. The van der Waals surface area contributed by atoms with E-state index < -0.39 is 36.4 Å². The number of carbonyl (C=O) groups is 5. The highest BCUT2D eigenvalue weighted by atomic mass is 16.6. The third-order valence-corrected chi connectivity index (χ3v) is 4.88. The lowest BCUT2D eigenvalue weighted by atomic mass is 9.96. The molecule has 6 N–H and O–H groups in total. The van der Waals surface area contributed by atoms with Crippen LogP contribution < -0.4 is 15.5 Å². The van der Waals surface area contributed by atoms with Gasteiger partial charge in [-0.15, -0.1) is 0 Å². The monoisotopic (exact) mass is 483 g/mol. The van der Waals surface area contributed by atoms with Crippen LogP contribution in [0.2, 0.25) is 0 Å². The average molecular weight is 483 g/mol. The molecule has 1 aromatic carbocycles. The Kier molecular flexibility index (Phi) is 8.89. The summed E-state index contributed by atoms with van der Waals surface area (Å²) in [5.41, 5.74) is 4.31. The van der Waals surface area contributed by atoms with Crippen LogP contribution in [0.1, 0.15) is 12.8 Å². The summed E-state index contributed by atoms with van der Waals surface area (Å²) in [6, 6.07) is 7.25. The fraction of sp³-hybridized carbons (Fsp3) is 0.450. The number of amides is 2. The van der Waals surface area contributed by atoms with Crippen LogP contribution in [0.4, 0.5) is 16.2 Å². The maximum Gasteiger partial charge on any atom is 0.414 e. The van der Waals surface area contributed by atoms with Crippen LogP contribution in [0.15, 0.2) is 24.3 Å². The first-order valence-corrected chi connectivity index (χ1v) is 10.0. The maximum atomic E-state index is 11.8. The molecule has 2 aliphatic heterocycles. The van der Waals surface area contributed by atoms with Gasteiger partial charge in [-0.2, -0.15) is 0 Å². The van der Waals surface area contributed by atoms with Crippen molar-refractivity contribution >= 4 is 41.3 Å². The highest BCUT2D eigenvalue weighted by molar-refractivity contribution is 5.95. The number of cyclic esters (lactones) is 1. The number of ether oxygens (including phenoxy) is 2. The van der Waals surface area contributed by atoms with E-state index in [0.717, 1.165) is 11.4 Å². The zero-order valence-electron chi connectivity index (χ0n) is 18.0. The largest absolute Gasteiger partial charge is 0.481 e. The van der Waals surface area contributed by atoms with Gasteiger partial charge in [0.05, 0.1) is 26.0 Å². The van der Waals surface area contributed by atoms with Crippen LogP contribution >= 0.6 is 0 Å². The molecule has 0 aliphatic carbocycles. The number of carbonyl (C=O) groups excluding carboxylic acids is 2. The van der Waals surface area contributed by atoms with E-state index in [1.807, 2.05) is 12.1 Å². The van der Waals surface area contributed by atoms with Crippen molar-refractivity contribution in [2.24, 2.45) is 5.73 Å². The molecule has 14 nitrogen and oxygen atoms in total. The lowest BCUT2D eigenvalue weighted by molar-refractivity contribution is -0.170. The number of carboxylic acid groups (broad SMARTS) is 3. The summed E-state index contributed by atoms with van der Waals surface area (Å²) in [7, 11) is 0. The number of aliphatic hydroxyl groups is 1. The van der Waals surface area contributed by atoms with Gasteiger partial charge in [-0.3, -0.25) is 19.3 Å².